The molecule has 0 radical (unpaired) electrons. The Balaban J connectivity index is 0.00000245. The Bertz CT molecular complexity index is 1370. The molecule has 7 nitrogen and oxygen atoms in total. The van der Waals surface area contributed by atoms with E-state index < -0.39 is 0 Å². The van der Waals surface area contributed by atoms with E-state index >= 15 is 0 Å². The molecule has 0 aliphatic rings. The van der Waals surface area contributed by atoms with Gasteiger partial charge in [-0.2, -0.15) is 5.10 Å². The van der Waals surface area contributed by atoms with Crippen molar-refractivity contribution < 1.29 is 9.47 Å². The van der Waals surface area contributed by atoms with Crippen molar-refractivity contribution in [2.24, 2.45) is 0 Å². The van der Waals surface area contributed by atoms with Gasteiger partial charge in [-0.05, 0) is 29.8 Å². The number of benzene rings is 3. The van der Waals surface area contributed by atoms with Crippen molar-refractivity contribution >= 4 is 45.7 Å². The molecule has 0 spiro atoms. The van der Waals surface area contributed by atoms with E-state index in [0.29, 0.717) is 17.3 Å². The van der Waals surface area contributed by atoms with Crippen molar-refractivity contribution in [1.82, 2.24) is 19.7 Å². The second-order valence-corrected chi connectivity index (χ2v) is 7.13. The zero-order valence-electron chi connectivity index (χ0n) is 17.6. The first kappa shape index (κ1) is 21.4. The summed E-state index contributed by atoms with van der Waals surface area (Å²) in [4.78, 5) is 8.80. The molecule has 0 unspecified atom stereocenters. The van der Waals surface area contributed by atoms with E-state index in [4.69, 9.17) is 9.47 Å². The number of fused-ring (bicyclic) bond motifs is 2. The van der Waals surface area contributed by atoms with Gasteiger partial charge in [0.1, 0.15) is 12.1 Å². The summed E-state index contributed by atoms with van der Waals surface area (Å²) in [5.41, 5.74) is 3.98. The highest BCUT2D eigenvalue weighted by molar-refractivity contribution is 5.94. The Morgan fingerprint density at radius 3 is 2.47 bits per heavy atom. The van der Waals surface area contributed by atoms with E-state index in [0.717, 1.165) is 34.0 Å². The molecule has 0 saturated carbocycles. The number of anilines is 2. The van der Waals surface area contributed by atoms with Crippen molar-refractivity contribution in [2.75, 3.05) is 19.5 Å². The minimum absolute atomic E-state index is 0. The number of hydrogen-bond donors (Lipinski definition) is 1. The summed E-state index contributed by atoms with van der Waals surface area (Å²) in [5.74, 6) is 1.96. The molecular weight excluding hydrogens is 426 g/mol. The van der Waals surface area contributed by atoms with E-state index in [2.05, 4.69) is 44.6 Å². The maximum Gasteiger partial charge on any atom is 0.162 e. The summed E-state index contributed by atoms with van der Waals surface area (Å²) in [5, 5.41) is 9.87. The summed E-state index contributed by atoms with van der Waals surface area (Å²) in [7, 11) is 3.22. The van der Waals surface area contributed by atoms with Crippen LogP contribution in [0.15, 0.2) is 73.2 Å². The van der Waals surface area contributed by atoms with Gasteiger partial charge in [0.25, 0.3) is 0 Å². The van der Waals surface area contributed by atoms with Crippen LogP contribution in [0, 0.1) is 0 Å². The van der Waals surface area contributed by atoms with Crippen LogP contribution in [0.1, 0.15) is 5.56 Å². The van der Waals surface area contributed by atoms with Gasteiger partial charge in [0.2, 0.25) is 0 Å². The number of nitrogens with one attached hydrogen (secondary N) is 1. The molecule has 8 heteroatoms. The Morgan fingerprint density at radius 1 is 0.906 bits per heavy atom. The number of nitrogens with zero attached hydrogens (tertiary/aromatic N) is 4. The number of ether oxygens (including phenoxy) is 2. The van der Waals surface area contributed by atoms with Gasteiger partial charge in [0.05, 0.1) is 38.0 Å². The maximum atomic E-state index is 5.44. The van der Waals surface area contributed by atoms with Crippen molar-refractivity contribution in [3.05, 3.63) is 78.8 Å². The monoisotopic (exact) mass is 447 g/mol. The number of hydrogen-bond acceptors (Lipinski definition) is 6. The fraction of sp³-hybridized carbons (Fsp3) is 0.125. The van der Waals surface area contributed by atoms with Crippen LogP contribution < -0.4 is 14.8 Å². The van der Waals surface area contributed by atoms with Gasteiger partial charge >= 0.3 is 0 Å². The summed E-state index contributed by atoms with van der Waals surface area (Å²) in [6, 6.07) is 20.2. The first-order chi connectivity index (χ1) is 15.2. The highest BCUT2D eigenvalue weighted by Crippen LogP contribution is 2.34. The molecule has 3 aromatic carbocycles. The van der Waals surface area contributed by atoms with Crippen LogP contribution in [-0.4, -0.2) is 34.0 Å². The first-order valence-corrected chi connectivity index (χ1v) is 9.88. The van der Waals surface area contributed by atoms with Gasteiger partial charge in [0, 0.05) is 22.5 Å². The van der Waals surface area contributed by atoms with Crippen molar-refractivity contribution in [1.29, 1.82) is 0 Å². The van der Waals surface area contributed by atoms with Gasteiger partial charge in [-0.1, -0.05) is 30.3 Å². The van der Waals surface area contributed by atoms with Gasteiger partial charge in [-0.3, -0.25) is 4.68 Å². The van der Waals surface area contributed by atoms with Crippen LogP contribution in [0.4, 0.5) is 11.5 Å². The summed E-state index contributed by atoms with van der Waals surface area (Å²) in [6.07, 6.45) is 3.42. The lowest BCUT2D eigenvalue weighted by molar-refractivity contribution is 0.356. The lowest BCUT2D eigenvalue weighted by atomic mass is 10.2. The van der Waals surface area contributed by atoms with Gasteiger partial charge in [-0.15, -0.1) is 12.4 Å². The molecule has 2 heterocycles. The van der Waals surface area contributed by atoms with Crippen molar-refractivity contribution in [3.8, 4) is 11.5 Å². The fourth-order valence-electron chi connectivity index (χ4n) is 3.67. The summed E-state index contributed by atoms with van der Waals surface area (Å²) < 4.78 is 12.8. The third-order valence-corrected chi connectivity index (χ3v) is 5.22. The zero-order chi connectivity index (χ0) is 21.2. The Labute approximate surface area is 191 Å². The van der Waals surface area contributed by atoms with Crippen LogP contribution in [0.2, 0.25) is 0 Å². The summed E-state index contributed by atoms with van der Waals surface area (Å²) >= 11 is 0. The van der Waals surface area contributed by atoms with Crippen LogP contribution in [0.3, 0.4) is 0 Å². The van der Waals surface area contributed by atoms with E-state index in [1.165, 1.54) is 11.9 Å². The largest absolute Gasteiger partial charge is 0.493 e. The van der Waals surface area contributed by atoms with E-state index in [1.54, 1.807) is 14.2 Å². The van der Waals surface area contributed by atoms with Crippen LogP contribution in [0.25, 0.3) is 21.8 Å². The van der Waals surface area contributed by atoms with E-state index in [-0.39, 0.29) is 12.4 Å². The predicted octanol–water partition coefficient (Wildman–Crippen LogP) is 5.21. The number of halogens is 1. The van der Waals surface area contributed by atoms with Crippen molar-refractivity contribution in [2.45, 2.75) is 6.54 Å². The zero-order valence-corrected chi connectivity index (χ0v) is 18.5. The second kappa shape index (κ2) is 9.11. The lowest BCUT2D eigenvalue weighted by Crippen LogP contribution is -2.01. The number of methoxy groups -OCH3 is 2. The Kier molecular flexibility index (Phi) is 6.09. The summed E-state index contributed by atoms with van der Waals surface area (Å²) in [6.45, 7) is 0.731. The van der Waals surface area contributed by atoms with Gasteiger partial charge in [-0.25, -0.2) is 9.97 Å². The molecule has 5 rings (SSSR count). The minimum Gasteiger partial charge on any atom is -0.493 e. The average molecular weight is 448 g/mol. The quantitative estimate of drug-likeness (QED) is 0.385. The Hall–Kier alpha value is -3.84. The predicted molar refractivity (Wildman–Crippen MR) is 128 cm³/mol. The van der Waals surface area contributed by atoms with Crippen LogP contribution >= 0.6 is 12.4 Å². The topological polar surface area (TPSA) is 74.1 Å². The molecule has 0 saturated heterocycles. The van der Waals surface area contributed by atoms with Crippen molar-refractivity contribution in [3.63, 3.8) is 0 Å². The molecule has 0 atom stereocenters. The molecule has 0 amide bonds. The van der Waals surface area contributed by atoms with E-state index in [1.807, 2.05) is 47.3 Å². The fourth-order valence-corrected chi connectivity index (χ4v) is 3.67. The molecule has 2 aromatic heterocycles. The standard InChI is InChI=1S/C24H21N5O2.ClH/c1-30-22-11-19-20(12-23(22)31-2)25-15-26-24(19)28-18-8-9-21-17(10-18)13-27-29(21)14-16-6-4-3-5-7-16;/h3-13,15H,14H2,1-2H3,(H,25,26,28);1H. The molecule has 5 aromatic rings. The van der Waals surface area contributed by atoms with Gasteiger partial charge in [0.15, 0.2) is 11.5 Å². The molecule has 32 heavy (non-hydrogen) atoms. The smallest absolute Gasteiger partial charge is 0.162 e. The highest BCUT2D eigenvalue weighted by atomic mass is 35.5. The Morgan fingerprint density at radius 2 is 1.69 bits per heavy atom. The van der Waals surface area contributed by atoms with Crippen LogP contribution in [0.5, 0.6) is 11.5 Å². The SMILES string of the molecule is COc1cc2ncnc(Nc3ccc4c(cnn4Cc4ccccc4)c3)c2cc1OC.Cl. The third-order valence-electron chi connectivity index (χ3n) is 5.22. The first-order valence-electron chi connectivity index (χ1n) is 9.88. The molecule has 0 fully saturated rings. The second-order valence-electron chi connectivity index (χ2n) is 7.13. The molecular formula is C24H22ClN5O2. The maximum absolute atomic E-state index is 5.44. The molecule has 0 bridgehead atoms. The average Bonchev–Trinajstić information content (AvgIpc) is 3.21. The lowest BCUT2D eigenvalue weighted by Gasteiger charge is -2.12. The molecule has 162 valence electrons. The highest BCUT2D eigenvalue weighted by Gasteiger charge is 2.12. The third kappa shape index (κ3) is 4.02. The molecule has 0 aliphatic heterocycles. The molecule has 1 N–H and O–H groups in total. The number of rotatable bonds is 6. The van der Waals surface area contributed by atoms with Gasteiger partial charge < -0.3 is 14.8 Å². The normalized spacial score (nSPS) is 10.7. The minimum atomic E-state index is 0. The number of aromatic nitrogens is 4. The molecule has 0 aliphatic carbocycles. The van der Waals surface area contributed by atoms with E-state index in [9.17, 15) is 0 Å². The van der Waals surface area contributed by atoms with Crippen LogP contribution in [-0.2, 0) is 6.54 Å².